The van der Waals surface area contributed by atoms with Crippen molar-refractivity contribution >= 4 is 5.97 Å². The van der Waals surface area contributed by atoms with E-state index in [1.165, 1.54) is 5.56 Å². The van der Waals surface area contributed by atoms with E-state index in [0.717, 1.165) is 65.2 Å². The van der Waals surface area contributed by atoms with Gasteiger partial charge in [-0.05, 0) is 32.4 Å². The van der Waals surface area contributed by atoms with Crippen LogP contribution in [0.15, 0.2) is 25.0 Å². The Balaban J connectivity index is 1.60. The van der Waals surface area contributed by atoms with Crippen molar-refractivity contribution in [2.75, 3.05) is 46.3 Å². The molecule has 0 spiro atoms. The molecular formula is C20H33N5O2. The monoisotopic (exact) mass is 375 g/mol. The summed E-state index contributed by atoms with van der Waals surface area (Å²) in [6.45, 7) is 11.8. The van der Waals surface area contributed by atoms with Crippen LogP contribution in [0.25, 0.3) is 0 Å². The number of carboxylic acids is 1. The van der Waals surface area contributed by atoms with E-state index >= 15 is 0 Å². The van der Waals surface area contributed by atoms with Gasteiger partial charge in [0.1, 0.15) is 0 Å². The van der Waals surface area contributed by atoms with Gasteiger partial charge in [-0.25, -0.2) is 0 Å². The second kappa shape index (κ2) is 9.48. The average Bonchev–Trinajstić information content (AvgIpc) is 3.08. The van der Waals surface area contributed by atoms with Crippen LogP contribution in [0.5, 0.6) is 0 Å². The van der Waals surface area contributed by atoms with Crippen molar-refractivity contribution in [3.63, 3.8) is 0 Å². The molecule has 2 aliphatic rings. The maximum absolute atomic E-state index is 11.2. The number of likely N-dealkylation sites (N-methyl/N-ethyl adjacent to an activating group) is 1. The second-order valence-corrected chi connectivity index (χ2v) is 7.98. The highest BCUT2D eigenvalue weighted by molar-refractivity contribution is 5.66. The number of carbonyl (C=O) groups is 1. The van der Waals surface area contributed by atoms with Gasteiger partial charge >= 0.3 is 5.97 Å². The number of nitrogens with zero attached hydrogens (tertiary/aromatic N) is 5. The van der Waals surface area contributed by atoms with E-state index in [1.54, 1.807) is 0 Å². The molecule has 3 heterocycles. The Hall–Kier alpha value is -1.70. The van der Waals surface area contributed by atoms with Crippen LogP contribution in [0.1, 0.15) is 24.8 Å². The van der Waals surface area contributed by atoms with E-state index in [9.17, 15) is 9.90 Å². The molecule has 2 saturated heterocycles. The van der Waals surface area contributed by atoms with Gasteiger partial charge in [-0.2, -0.15) is 5.10 Å². The highest BCUT2D eigenvalue weighted by Gasteiger charge is 2.34. The molecule has 7 nitrogen and oxygen atoms in total. The Morgan fingerprint density at radius 3 is 2.81 bits per heavy atom. The van der Waals surface area contributed by atoms with Crippen LogP contribution in [-0.2, 0) is 17.9 Å². The first-order valence-electron chi connectivity index (χ1n) is 10.0. The van der Waals surface area contributed by atoms with E-state index in [-0.39, 0.29) is 6.42 Å². The molecule has 2 fully saturated rings. The fourth-order valence-electron chi connectivity index (χ4n) is 4.44. The van der Waals surface area contributed by atoms with Crippen LogP contribution in [0.2, 0.25) is 0 Å². The lowest BCUT2D eigenvalue weighted by Crippen LogP contribution is -2.56. The van der Waals surface area contributed by atoms with Gasteiger partial charge in [0.15, 0.2) is 0 Å². The molecule has 27 heavy (non-hydrogen) atoms. The lowest BCUT2D eigenvalue weighted by Gasteiger charge is -2.46. The van der Waals surface area contributed by atoms with Gasteiger partial charge in [0.05, 0.1) is 12.7 Å². The van der Waals surface area contributed by atoms with Gasteiger partial charge in [-0.15, -0.1) is 6.58 Å². The van der Waals surface area contributed by atoms with Gasteiger partial charge < -0.3 is 10.0 Å². The molecule has 3 rings (SSSR count). The van der Waals surface area contributed by atoms with E-state index < -0.39 is 5.97 Å². The fraction of sp³-hybridized carbons (Fsp3) is 0.700. The van der Waals surface area contributed by atoms with Gasteiger partial charge in [0.25, 0.3) is 0 Å². The van der Waals surface area contributed by atoms with Gasteiger partial charge in [0.2, 0.25) is 0 Å². The quantitative estimate of drug-likeness (QED) is 0.693. The molecule has 1 aromatic rings. The second-order valence-electron chi connectivity index (χ2n) is 7.98. The van der Waals surface area contributed by atoms with Crippen molar-refractivity contribution in [2.24, 2.45) is 5.92 Å². The van der Waals surface area contributed by atoms with Gasteiger partial charge in [0, 0.05) is 63.5 Å². The Bertz CT molecular complexity index is 624. The first-order valence-corrected chi connectivity index (χ1v) is 10.0. The lowest BCUT2D eigenvalue weighted by atomic mass is 9.86. The summed E-state index contributed by atoms with van der Waals surface area (Å²) in [4.78, 5) is 18.6. The third kappa shape index (κ3) is 5.64. The van der Waals surface area contributed by atoms with Crippen LogP contribution in [0, 0.1) is 5.92 Å². The van der Waals surface area contributed by atoms with Crippen molar-refractivity contribution in [2.45, 2.75) is 38.4 Å². The molecule has 1 N–H and O–H groups in total. The summed E-state index contributed by atoms with van der Waals surface area (Å²) in [6, 6.07) is 0.512. The number of piperazine rings is 1. The van der Waals surface area contributed by atoms with Crippen molar-refractivity contribution < 1.29 is 9.90 Å². The van der Waals surface area contributed by atoms with Gasteiger partial charge in [-0.1, -0.05) is 6.08 Å². The standard InChI is InChI=1S/C20H33N5O2/c1-3-7-25-15-17(13-21-25)14-23-8-6-19(18(16-23)4-5-20(26)27)24-11-9-22(2)10-12-24/h3,13,15,18-19H,1,4-12,14,16H2,2H3,(H,26,27)/t18-,19+/m1/s1. The summed E-state index contributed by atoms with van der Waals surface area (Å²) >= 11 is 0. The predicted octanol–water partition coefficient (Wildman–Crippen LogP) is 1.37. The van der Waals surface area contributed by atoms with Crippen molar-refractivity contribution in [3.8, 4) is 0 Å². The molecule has 1 aromatic heterocycles. The number of carboxylic acid groups (broad SMARTS) is 1. The molecule has 0 unspecified atom stereocenters. The normalized spacial score (nSPS) is 25.5. The summed E-state index contributed by atoms with van der Waals surface area (Å²) in [7, 11) is 2.17. The number of aliphatic carboxylic acids is 1. The molecule has 150 valence electrons. The maximum atomic E-state index is 11.2. The van der Waals surface area contributed by atoms with E-state index in [4.69, 9.17) is 0 Å². The molecule has 7 heteroatoms. The number of rotatable bonds is 8. The van der Waals surface area contributed by atoms with E-state index in [2.05, 4.69) is 39.6 Å². The van der Waals surface area contributed by atoms with Gasteiger partial charge in [-0.3, -0.25) is 19.3 Å². The molecular weight excluding hydrogens is 342 g/mol. The SMILES string of the molecule is C=CCn1cc(CN2CC[C@H](N3CCN(C)CC3)[C@H](CCC(=O)O)C2)cn1. The van der Waals surface area contributed by atoms with Crippen LogP contribution < -0.4 is 0 Å². The first kappa shape index (κ1) is 20.0. The van der Waals surface area contributed by atoms with E-state index in [1.807, 2.05) is 17.0 Å². The number of hydrogen-bond acceptors (Lipinski definition) is 5. The number of likely N-dealkylation sites (tertiary alicyclic amines) is 1. The van der Waals surface area contributed by atoms with Crippen LogP contribution in [-0.4, -0.2) is 87.9 Å². The Labute approximate surface area is 162 Å². The third-order valence-electron chi connectivity index (χ3n) is 5.92. The Morgan fingerprint density at radius 2 is 2.11 bits per heavy atom. The predicted molar refractivity (Wildman–Crippen MR) is 106 cm³/mol. The largest absolute Gasteiger partial charge is 0.481 e. The molecule has 0 saturated carbocycles. The molecule has 0 radical (unpaired) electrons. The fourth-order valence-corrected chi connectivity index (χ4v) is 4.44. The Kier molecular flexibility index (Phi) is 7.04. The van der Waals surface area contributed by atoms with Crippen molar-refractivity contribution in [3.05, 3.63) is 30.6 Å². The molecule has 0 bridgehead atoms. The number of hydrogen-bond donors (Lipinski definition) is 1. The number of aromatic nitrogens is 2. The Morgan fingerprint density at radius 1 is 1.33 bits per heavy atom. The highest BCUT2D eigenvalue weighted by Crippen LogP contribution is 2.28. The summed E-state index contributed by atoms with van der Waals surface area (Å²) < 4.78 is 1.90. The molecule has 2 atom stereocenters. The highest BCUT2D eigenvalue weighted by atomic mass is 16.4. The van der Waals surface area contributed by atoms with E-state index in [0.29, 0.717) is 12.0 Å². The summed E-state index contributed by atoms with van der Waals surface area (Å²) in [6.07, 6.45) is 8.01. The smallest absolute Gasteiger partial charge is 0.303 e. The first-order chi connectivity index (χ1) is 13.0. The molecule has 0 aliphatic carbocycles. The number of piperidine rings is 1. The molecule has 2 aliphatic heterocycles. The minimum absolute atomic E-state index is 0.264. The van der Waals surface area contributed by atoms with Crippen molar-refractivity contribution in [1.82, 2.24) is 24.5 Å². The van der Waals surface area contributed by atoms with Crippen LogP contribution >= 0.6 is 0 Å². The topological polar surface area (TPSA) is 64.8 Å². The number of allylic oxidation sites excluding steroid dienone is 1. The summed E-state index contributed by atoms with van der Waals surface area (Å²) in [5, 5.41) is 13.6. The zero-order valence-electron chi connectivity index (χ0n) is 16.5. The molecule has 0 amide bonds. The zero-order chi connectivity index (χ0) is 19.2. The average molecular weight is 376 g/mol. The summed E-state index contributed by atoms with van der Waals surface area (Å²) in [5.74, 6) is -0.267. The molecule has 0 aromatic carbocycles. The van der Waals surface area contributed by atoms with Crippen LogP contribution in [0.3, 0.4) is 0 Å². The minimum atomic E-state index is -0.685. The maximum Gasteiger partial charge on any atom is 0.303 e. The lowest BCUT2D eigenvalue weighted by molar-refractivity contribution is -0.137. The minimum Gasteiger partial charge on any atom is -0.481 e. The zero-order valence-corrected chi connectivity index (χ0v) is 16.5. The third-order valence-corrected chi connectivity index (χ3v) is 5.92. The van der Waals surface area contributed by atoms with Crippen LogP contribution in [0.4, 0.5) is 0 Å². The van der Waals surface area contributed by atoms with Crippen molar-refractivity contribution in [1.29, 1.82) is 0 Å². The summed E-state index contributed by atoms with van der Waals surface area (Å²) in [5.41, 5.74) is 1.21.